The largest absolute Gasteiger partial charge is 0.464 e. The van der Waals surface area contributed by atoms with Crippen LogP contribution in [0.15, 0.2) is 28.9 Å². The number of carbonyl (C=O) groups excluding carboxylic acids is 1. The van der Waals surface area contributed by atoms with Gasteiger partial charge in [-0.1, -0.05) is 0 Å². The molecule has 0 fully saturated rings. The summed E-state index contributed by atoms with van der Waals surface area (Å²) in [7, 11) is 0. The third-order valence-corrected chi connectivity index (χ3v) is 2.09. The summed E-state index contributed by atoms with van der Waals surface area (Å²) in [5.41, 5.74) is 0.820. The molecule has 1 aromatic carbocycles. The van der Waals surface area contributed by atoms with Gasteiger partial charge in [0.1, 0.15) is 17.2 Å². The molecule has 0 radical (unpaired) electrons. The van der Waals surface area contributed by atoms with E-state index >= 15 is 0 Å². The van der Waals surface area contributed by atoms with Crippen LogP contribution in [0, 0.1) is 5.82 Å². The van der Waals surface area contributed by atoms with Crippen molar-refractivity contribution in [2.75, 3.05) is 0 Å². The topological polar surface area (TPSA) is 30.2 Å². The molecule has 0 N–H and O–H groups in total. The SMILES string of the molecule is CC(=O)Cc1c(F)ccc2ccoc12. The Labute approximate surface area is 80.3 Å². The fourth-order valence-corrected chi connectivity index (χ4v) is 1.48. The first kappa shape index (κ1) is 8.94. The van der Waals surface area contributed by atoms with Gasteiger partial charge in [-0.15, -0.1) is 0 Å². The minimum absolute atomic E-state index is 0.0761. The molecule has 0 atom stereocenters. The van der Waals surface area contributed by atoms with Crippen molar-refractivity contribution < 1.29 is 13.6 Å². The number of rotatable bonds is 2. The minimum atomic E-state index is -0.386. The monoisotopic (exact) mass is 192 g/mol. The Bertz CT molecular complexity index is 485. The van der Waals surface area contributed by atoms with E-state index in [1.165, 1.54) is 19.3 Å². The molecule has 0 aliphatic heterocycles. The Balaban J connectivity index is 2.64. The van der Waals surface area contributed by atoms with Crippen LogP contribution in [-0.2, 0) is 11.2 Å². The first-order valence-electron chi connectivity index (χ1n) is 4.32. The average Bonchev–Trinajstić information content (AvgIpc) is 2.57. The lowest BCUT2D eigenvalue weighted by atomic mass is 10.1. The minimum Gasteiger partial charge on any atom is -0.464 e. The second-order valence-electron chi connectivity index (χ2n) is 3.24. The van der Waals surface area contributed by atoms with Crippen molar-refractivity contribution in [1.82, 2.24) is 0 Å². The molecule has 0 saturated carbocycles. The summed E-state index contributed by atoms with van der Waals surface area (Å²) in [6.07, 6.45) is 1.57. The van der Waals surface area contributed by atoms with E-state index in [0.717, 1.165) is 5.39 Å². The first-order chi connectivity index (χ1) is 6.68. The lowest BCUT2D eigenvalue weighted by Crippen LogP contribution is -1.99. The molecule has 2 aromatic rings. The molecule has 14 heavy (non-hydrogen) atoms. The summed E-state index contributed by atoms with van der Waals surface area (Å²) in [5.74, 6) is -0.463. The number of hydrogen-bond acceptors (Lipinski definition) is 2. The van der Waals surface area contributed by atoms with Gasteiger partial charge in [0.15, 0.2) is 0 Å². The fraction of sp³-hybridized carbons (Fsp3) is 0.182. The molecule has 0 saturated heterocycles. The maximum Gasteiger partial charge on any atom is 0.140 e. The van der Waals surface area contributed by atoms with Gasteiger partial charge in [-0.25, -0.2) is 4.39 Å². The lowest BCUT2D eigenvalue weighted by Gasteiger charge is -2.00. The second-order valence-corrected chi connectivity index (χ2v) is 3.24. The van der Waals surface area contributed by atoms with Gasteiger partial charge in [-0.3, -0.25) is 4.79 Å². The van der Waals surface area contributed by atoms with Gasteiger partial charge >= 0.3 is 0 Å². The van der Waals surface area contributed by atoms with Gasteiger partial charge in [-0.05, 0) is 25.1 Å². The zero-order valence-corrected chi connectivity index (χ0v) is 7.71. The Kier molecular flexibility index (Phi) is 2.08. The fourth-order valence-electron chi connectivity index (χ4n) is 1.48. The van der Waals surface area contributed by atoms with Gasteiger partial charge in [0, 0.05) is 17.4 Å². The van der Waals surface area contributed by atoms with Crippen LogP contribution in [0.3, 0.4) is 0 Å². The van der Waals surface area contributed by atoms with Crippen LogP contribution < -0.4 is 0 Å². The van der Waals surface area contributed by atoms with Gasteiger partial charge in [0.25, 0.3) is 0 Å². The van der Waals surface area contributed by atoms with E-state index in [2.05, 4.69) is 0 Å². The Hall–Kier alpha value is -1.64. The number of furan rings is 1. The van der Waals surface area contributed by atoms with Crippen molar-refractivity contribution in [1.29, 1.82) is 0 Å². The zero-order chi connectivity index (χ0) is 10.1. The highest BCUT2D eigenvalue weighted by Gasteiger charge is 2.11. The molecule has 0 amide bonds. The molecule has 0 unspecified atom stereocenters. The van der Waals surface area contributed by atoms with Crippen molar-refractivity contribution in [3.05, 3.63) is 35.8 Å². The van der Waals surface area contributed by atoms with Crippen LogP contribution in [0.4, 0.5) is 4.39 Å². The highest BCUT2D eigenvalue weighted by atomic mass is 19.1. The van der Waals surface area contributed by atoms with Gasteiger partial charge in [-0.2, -0.15) is 0 Å². The van der Waals surface area contributed by atoms with Crippen LogP contribution in [0.2, 0.25) is 0 Å². The highest BCUT2D eigenvalue weighted by molar-refractivity contribution is 5.86. The number of fused-ring (bicyclic) bond motifs is 1. The van der Waals surface area contributed by atoms with E-state index in [0.29, 0.717) is 11.1 Å². The van der Waals surface area contributed by atoms with Crippen LogP contribution >= 0.6 is 0 Å². The average molecular weight is 192 g/mol. The summed E-state index contributed by atoms with van der Waals surface area (Å²) in [5, 5.41) is 0.822. The Morgan fingerprint density at radius 3 is 2.93 bits per heavy atom. The Morgan fingerprint density at radius 1 is 1.43 bits per heavy atom. The summed E-state index contributed by atoms with van der Waals surface area (Å²) in [6, 6.07) is 4.74. The number of halogens is 1. The van der Waals surface area contributed by atoms with Crippen LogP contribution in [-0.4, -0.2) is 5.78 Å². The predicted octanol–water partition coefficient (Wildman–Crippen LogP) is 2.70. The normalized spacial score (nSPS) is 10.7. The van der Waals surface area contributed by atoms with Crippen molar-refractivity contribution in [3.63, 3.8) is 0 Å². The summed E-state index contributed by atoms with van der Waals surface area (Å²) >= 11 is 0. The molecule has 0 spiro atoms. The maximum absolute atomic E-state index is 13.3. The second kappa shape index (κ2) is 3.25. The van der Waals surface area contributed by atoms with E-state index in [-0.39, 0.29) is 18.0 Å². The number of benzene rings is 1. The van der Waals surface area contributed by atoms with Gasteiger partial charge in [0.2, 0.25) is 0 Å². The molecule has 72 valence electrons. The zero-order valence-electron chi connectivity index (χ0n) is 7.71. The smallest absolute Gasteiger partial charge is 0.140 e. The molecule has 3 heteroatoms. The predicted molar refractivity (Wildman–Crippen MR) is 50.6 cm³/mol. The summed E-state index contributed by atoms with van der Waals surface area (Å²) in [6.45, 7) is 1.43. The van der Waals surface area contributed by atoms with Crippen LogP contribution in [0.5, 0.6) is 0 Å². The summed E-state index contributed by atoms with van der Waals surface area (Å²) < 4.78 is 18.5. The standard InChI is InChI=1S/C11H9FO2/c1-7(13)6-9-10(12)3-2-8-4-5-14-11(8)9/h2-5H,6H2,1H3. The van der Waals surface area contributed by atoms with Gasteiger partial charge in [0.05, 0.1) is 6.26 Å². The van der Waals surface area contributed by atoms with Crippen molar-refractivity contribution in [2.45, 2.75) is 13.3 Å². The molecule has 0 aliphatic carbocycles. The van der Waals surface area contributed by atoms with Crippen LogP contribution in [0.25, 0.3) is 11.0 Å². The molecule has 2 rings (SSSR count). The summed E-state index contributed by atoms with van der Waals surface area (Å²) in [4.78, 5) is 10.9. The van der Waals surface area contributed by atoms with Crippen molar-refractivity contribution >= 4 is 16.8 Å². The van der Waals surface area contributed by atoms with Crippen molar-refractivity contribution in [3.8, 4) is 0 Å². The van der Waals surface area contributed by atoms with E-state index in [1.807, 2.05) is 0 Å². The van der Waals surface area contributed by atoms with E-state index in [4.69, 9.17) is 4.42 Å². The molecule has 2 nitrogen and oxygen atoms in total. The molecule has 1 aromatic heterocycles. The molecule has 0 bridgehead atoms. The van der Waals surface area contributed by atoms with Gasteiger partial charge < -0.3 is 4.42 Å². The highest BCUT2D eigenvalue weighted by Crippen LogP contribution is 2.23. The lowest BCUT2D eigenvalue weighted by molar-refractivity contribution is -0.116. The van der Waals surface area contributed by atoms with E-state index in [9.17, 15) is 9.18 Å². The van der Waals surface area contributed by atoms with E-state index < -0.39 is 0 Å². The molecular formula is C11H9FO2. The van der Waals surface area contributed by atoms with Crippen molar-refractivity contribution in [2.24, 2.45) is 0 Å². The molecule has 1 heterocycles. The quantitative estimate of drug-likeness (QED) is 0.732. The first-order valence-corrected chi connectivity index (χ1v) is 4.32. The third-order valence-electron chi connectivity index (χ3n) is 2.09. The molecule has 0 aliphatic rings. The molecular weight excluding hydrogens is 183 g/mol. The third kappa shape index (κ3) is 1.41. The van der Waals surface area contributed by atoms with Crippen LogP contribution in [0.1, 0.15) is 12.5 Å². The maximum atomic E-state index is 13.3. The number of carbonyl (C=O) groups is 1. The number of ketones is 1. The van der Waals surface area contributed by atoms with E-state index in [1.54, 1.807) is 12.1 Å². The number of hydrogen-bond donors (Lipinski definition) is 0. The Morgan fingerprint density at radius 2 is 2.21 bits per heavy atom. The number of Topliss-reactive ketones (excluding diaryl/α,β-unsaturated/α-hetero) is 1.